The maximum atomic E-state index is 13.5. The smallest absolute Gasteiger partial charge is 0.275 e. The number of anilines is 1. The third-order valence-electron chi connectivity index (χ3n) is 2.36. The van der Waals surface area contributed by atoms with Gasteiger partial charge in [-0.1, -0.05) is 11.8 Å². The zero-order chi connectivity index (χ0) is 14.7. The molecule has 5 nitrogen and oxygen atoms in total. The van der Waals surface area contributed by atoms with Crippen molar-refractivity contribution in [3.63, 3.8) is 0 Å². The van der Waals surface area contributed by atoms with E-state index < -0.39 is 16.6 Å². The number of hydrogen-bond donors (Lipinski definition) is 1. The van der Waals surface area contributed by atoms with Crippen molar-refractivity contribution in [2.24, 2.45) is 0 Å². The summed E-state index contributed by atoms with van der Waals surface area (Å²) in [6.45, 7) is 0. The van der Waals surface area contributed by atoms with Gasteiger partial charge in [0.25, 0.3) is 5.69 Å². The lowest BCUT2D eigenvalue weighted by Gasteiger charge is -2.05. The molecular formula is C12H9F2N3O2S. The molecule has 1 N–H and O–H groups in total. The number of aromatic nitrogens is 1. The van der Waals surface area contributed by atoms with Crippen LogP contribution in [0.3, 0.4) is 0 Å². The van der Waals surface area contributed by atoms with Gasteiger partial charge in [0.05, 0.1) is 15.9 Å². The normalized spacial score (nSPS) is 10.3. The average Bonchev–Trinajstić information content (AvgIpc) is 2.42. The molecule has 0 fully saturated rings. The number of hydrogen-bond acceptors (Lipinski definition) is 5. The first-order valence-electron chi connectivity index (χ1n) is 5.46. The van der Waals surface area contributed by atoms with Crippen LogP contribution in [0.4, 0.5) is 20.3 Å². The predicted molar refractivity (Wildman–Crippen MR) is 70.9 cm³/mol. The van der Waals surface area contributed by atoms with Crippen molar-refractivity contribution in [1.29, 1.82) is 0 Å². The molecule has 0 radical (unpaired) electrons. The van der Waals surface area contributed by atoms with Gasteiger partial charge in [-0.15, -0.1) is 0 Å². The first-order valence-corrected chi connectivity index (χ1v) is 6.28. The molecular weight excluding hydrogens is 288 g/mol. The molecule has 0 atom stereocenters. The Bertz CT molecular complexity index is 667. The minimum Gasteiger partial charge on any atom is -0.373 e. The van der Waals surface area contributed by atoms with Crippen LogP contribution in [0.2, 0.25) is 0 Å². The highest BCUT2D eigenvalue weighted by molar-refractivity contribution is 7.99. The van der Waals surface area contributed by atoms with Crippen LogP contribution < -0.4 is 5.32 Å². The van der Waals surface area contributed by atoms with Gasteiger partial charge in [-0.3, -0.25) is 10.1 Å². The monoisotopic (exact) mass is 297 g/mol. The van der Waals surface area contributed by atoms with Crippen LogP contribution in [0.1, 0.15) is 0 Å². The Kier molecular flexibility index (Phi) is 4.14. The standard InChI is InChI=1S/C12H9F2N3O2S/c1-15-11-5-8(17(18)19)6-12(16-11)20-10-4-7(13)2-3-9(10)14/h2-6H,1H3,(H,15,16). The molecule has 0 aliphatic heterocycles. The molecule has 0 saturated heterocycles. The number of pyridine rings is 1. The second kappa shape index (κ2) is 5.83. The van der Waals surface area contributed by atoms with E-state index >= 15 is 0 Å². The summed E-state index contributed by atoms with van der Waals surface area (Å²) in [4.78, 5) is 14.3. The fourth-order valence-corrected chi connectivity index (χ4v) is 2.33. The first kappa shape index (κ1) is 14.2. The van der Waals surface area contributed by atoms with E-state index in [9.17, 15) is 18.9 Å². The Hall–Kier alpha value is -2.22. The van der Waals surface area contributed by atoms with Crippen LogP contribution in [0.5, 0.6) is 0 Å². The highest BCUT2D eigenvalue weighted by Gasteiger charge is 2.13. The van der Waals surface area contributed by atoms with Gasteiger partial charge in [0.1, 0.15) is 22.5 Å². The van der Waals surface area contributed by atoms with E-state index in [1.165, 1.54) is 12.1 Å². The van der Waals surface area contributed by atoms with E-state index in [4.69, 9.17) is 0 Å². The van der Waals surface area contributed by atoms with Gasteiger partial charge in [-0.25, -0.2) is 13.8 Å². The Morgan fingerprint density at radius 3 is 2.70 bits per heavy atom. The van der Waals surface area contributed by atoms with Crippen LogP contribution in [0.25, 0.3) is 0 Å². The van der Waals surface area contributed by atoms with Gasteiger partial charge in [0.15, 0.2) is 0 Å². The molecule has 1 aromatic carbocycles. The fourth-order valence-electron chi connectivity index (χ4n) is 1.45. The Morgan fingerprint density at radius 2 is 2.05 bits per heavy atom. The summed E-state index contributed by atoms with van der Waals surface area (Å²) in [6, 6.07) is 5.47. The molecule has 0 spiro atoms. The molecule has 0 bridgehead atoms. The van der Waals surface area contributed by atoms with Crippen LogP contribution >= 0.6 is 11.8 Å². The van der Waals surface area contributed by atoms with Crippen molar-refractivity contribution in [1.82, 2.24) is 4.98 Å². The third-order valence-corrected chi connectivity index (χ3v) is 3.31. The van der Waals surface area contributed by atoms with Crippen LogP contribution in [0.15, 0.2) is 40.3 Å². The Balaban J connectivity index is 2.39. The van der Waals surface area contributed by atoms with Gasteiger partial charge in [-0.2, -0.15) is 0 Å². The van der Waals surface area contributed by atoms with Crippen LogP contribution in [-0.2, 0) is 0 Å². The molecule has 1 aromatic heterocycles. The Morgan fingerprint density at radius 1 is 1.30 bits per heavy atom. The maximum absolute atomic E-state index is 13.5. The molecule has 0 amide bonds. The summed E-state index contributed by atoms with van der Waals surface area (Å²) in [7, 11) is 1.56. The number of nitrogens with zero attached hydrogens (tertiary/aromatic N) is 2. The quantitative estimate of drug-likeness (QED) is 0.691. The lowest BCUT2D eigenvalue weighted by molar-refractivity contribution is -0.385. The van der Waals surface area contributed by atoms with Gasteiger partial charge in [-0.05, 0) is 18.2 Å². The maximum Gasteiger partial charge on any atom is 0.275 e. The SMILES string of the molecule is CNc1cc([N+](=O)[O-])cc(Sc2cc(F)ccc2F)n1. The third kappa shape index (κ3) is 3.21. The summed E-state index contributed by atoms with van der Waals surface area (Å²) in [5, 5.41) is 13.7. The van der Waals surface area contributed by atoms with E-state index in [0.29, 0.717) is 0 Å². The number of rotatable bonds is 4. The summed E-state index contributed by atoms with van der Waals surface area (Å²) in [5.41, 5.74) is -0.177. The molecule has 0 unspecified atom stereocenters. The van der Waals surface area contributed by atoms with Crippen molar-refractivity contribution in [3.8, 4) is 0 Å². The van der Waals surface area contributed by atoms with E-state index in [0.717, 1.165) is 30.0 Å². The largest absolute Gasteiger partial charge is 0.373 e. The summed E-state index contributed by atoms with van der Waals surface area (Å²) in [5.74, 6) is -0.928. The summed E-state index contributed by atoms with van der Waals surface area (Å²) >= 11 is 0.819. The number of nitro groups is 1. The molecule has 20 heavy (non-hydrogen) atoms. The van der Waals surface area contributed by atoms with Crippen molar-refractivity contribution in [2.45, 2.75) is 9.92 Å². The highest BCUT2D eigenvalue weighted by Crippen LogP contribution is 2.32. The molecule has 0 saturated carbocycles. The zero-order valence-corrected chi connectivity index (χ0v) is 11.1. The van der Waals surface area contributed by atoms with E-state index in [2.05, 4.69) is 10.3 Å². The number of halogens is 2. The summed E-state index contributed by atoms with van der Waals surface area (Å²) < 4.78 is 26.6. The molecule has 2 rings (SSSR count). The Labute approximate surface area is 117 Å². The minimum atomic E-state index is -0.615. The molecule has 0 aliphatic carbocycles. The molecule has 2 aromatic rings. The number of benzene rings is 1. The van der Waals surface area contributed by atoms with E-state index in [1.54, 1.807) is 7.05 Å². The van der Waals surface area contributed by atoms with Crippen molar-refractivity contribution >= 4 is 23.3 Å². The zero-order valence-electron chi connectivity index (χ0n) is 10.3. The van der Waals surface area contributed by atoms with Crippen molar-refractivity contribution in [3.05, 3.63) is 52.1 Å². The average molecular weight is 297 g/mol. The van der Waals surface area contributed by atoms with Crippen LogP contribution in [-0.4, -0.2) is 17.0 Å². The second-order valence-corrected chi connectivity index (χ2v) is 4.79. The number of nitrogens with one attached hydrogen (secondary N) is 1. The second-order valence-electron chi connectivity index (χ2n) is 3.73. The van der Waals surface area contributed by atoms with Gasteiger partial charge < -0.3 is 5.32 Å². The van der Waals surface area contributed by atoms with Crippen molar-refractivity contribution in [2.75, 3.05) is 12.4 Å². The summed E-state index contributed by atoms with van der Waals surface area (Å²) in [6.07, 6.45) is 0. The topological polar surface area (TPSA) is 68.1 Å². The minimum absolute atomic E-state index is 0.0139. The van der Waals surface area contributed by atoms with Gasteiger partial charge in [0.2, 0.25) is 0 Å². The lowest BCUT2D eigenvalue weighted by Crippen LogP contribution is -1.97. The fraction of sp³-hybridized carbons (Fsp3) is 0.0833. The predicted octanol–water partition coefficient (Wildman–Crippen LogP) is 3.46. The highest BCUT2D eigenvalue weighted by atomic mass is 32.2. The van der Waals surface area contributed by atoms with Gasteiger partial charge >= 0.3 is 0 Å². The van der Waals surface area contributed by atoms with Crippen LogP contribution in [0, 0.1) is 21.7 Å². The molecule has 0 aliphatic rings. The molecule has 8 heteroatoms. The molecule has 1 heterocycles. The molecule has 104 valence electrons. The van der Waals surface area contributed by atoms with Crippen molar-refractivity contribution < 1.29 is 13.7 Å². The lowest BCUT2D eigenvalue weighted by atomic mass is 10.3. The van der Waals surface area contributed by atoms with E-state index in [1.807, 2.05) is 0 Å². The first-order chi connectivity index (χ1) is 9.49. The van der Waals surface area contributed by atoms with Gasteiger partial charge in [0, 0.05) is 13.1 Å². The van der Waals surface area contributed by atoms with E-state index in [-0.39, 0.29) is 21.4 Å².